The Morgan fingerprint density at radius 3 is 1.01 bits per heavy atom. The number of nitrogens with two attached hydrogens (primary N) is 1. The number of oxime groups is 1. The van der Waals surface area contributed by atoms with E-state index in [2.05, 4.69) is 103 Å². The average Bonchev–Trinajstić information content (AvgIpc) is 1.64. The number of aromatic amines is 1. The zero-order valence-electron chi connectivity index (χ0n) is 61.0. The predicted molar refractivity (Wildman–Crippen MR) is 425 cm³/mol. The third kappa shape index (κ3) is 20.8. The van der Waals surface area contributed by atoms with Gasteiger partial charge in [-0.25, -0.2) is 24.7 Å². The van der Waals surface area contributed by atoms with Crippen LogP contribution in [0.2, 0.25) is 40.2 Å². The van der Waals surface area contributed by atoms with Gasteiger partial charge in [-0.2, -0.15) is 77.9 Å². The molecule has 29 nitrogen and oxygen atoms in total. The third-order valence-electron chi connectivity index (χ3n) is 16.8. The largest absolute Gasteiger partial charge is 1.00 e. The molecule has 17 rings (SSSR count). The topological polar surface area (TPSA) is 390 Å². The van der Waals surface area contributed by atoms with Crippen LogP contribution >= 0.6 is 115 Å². The Morgan fingerprint density at radius 2 is 0.726 bits per heavy atom. The summed E-state index contributed by atoms with van der Waals surface area (Å²) in [6.45, 7) is 4.75. The molecule has 0 bridgehead atoms. The van der Waals surface area contributed by atoms with Gasteiger partial charge in [-0.1, -0.05) is 171 Å². The van der Waals surface area contributed by atoms with E-state index in [0.29, 0.717) is 53.7 Å². The molecule has 0 amide bonds. The van der Waals surface area contributed by atoms with Crippen LogP contribution in [-0.2, 0) is 48.4 Å². The number of amidine groups is 1. The number of aromatic nitrogens is 18. The molecular formula is C73H36Cl8F12IN22NaO7. The van der Waals surface area contributed by atoms with Gasteiger partial charge in [0.25, 0.3) is 23.6 Å². The van der Waals surface area contributed by atoms with Crippen LogP contribution in [0.4, 0.5) is 52.7 Å². The third-order valence-corrected chi connectivity index (χ3v) is 20.1. The summed E-state index contributed by atoms with van der Waals surface area (Å²) in [6, 6.07) is 25.7. The number of halogens is 21. The Hall–Kier alpha value is -11.4. The van der Waals surface area contributed by atoms with Crippen molar-refractivity contribution in [2.24, 2.45) is 10.9 Å². The summed E-state index contributed by atoms with van der Waals surface area (Å²) in [5.41, 5.74) is 8.13. The normalized spacial score (nSPS) is 11.8. The molecule has 0 spiro atoms. The first-order valence-electron chi connectivity index (χ1n) is 33.5. The van der Waals surface area contributed by atoms with Gasteiger partial charge in [-0.3, -0.25) is 9.51 Å². The van der Waals surface area contributed by atoms with E-state index in [9.17, 15) is 57.5 Å². The second-order valence-corrected chi connectivity index (χ2v) is 29.2. The van der Waals surface area contributed by atoms with Crippen LogP contribution in [0.15, 0.2) is 179 Å². The van der Waals surface area contributed by atoms with Gasteiger partial charge < -0.3 is 58.5 Å². The maximum Gasteiger partial charge on any atom is 1.00 e. The molecule has 13 heterocycles. The first-order chi connectivity index (χ1) is 58.3. The Kier molecular flexibility index (Phi) is 27.8. The molecule has 0 fully saturated rings. The van der Waals surface area contributed by atoms with E-state index in [0.717, 1.165) is 83.4 Å². The minimum atomic E-state index is -4.56. The van der Waals surface area contributed by atoms with Gasteiger partial charge in [0.2, 0.25) is 23.3 Å². The quantitative estimate of drug-likeness (QED) is 0.0105. The number of nitriles is 1. The average molecular weight is 1990 g/mol. The molecule has 13 aromatic heterocycles. The fraction of sp³-hybridized carbons (Fsp3) is 0.110. The Morgan fingerprint density at radius 1 is 0.435 bits per heavy atom. The van der Waals surface area contributed by atoms with Gasteiger partial charge >= 0.3 is 60.0 Å². The first-order valence-corrected chi connectivity index (χ1v) is 38.1. The zero-order chi connectivity index (χ0) is 88.5. The van der Waals surface area contributed by atoms with E-state index in [1.165, 1.54) is 29.2 Å². The fourth-order valence-corrected chi connectivity index (χ4v) is 13.9. The minimum Gasteiger partial charge on any atom is -0.512 e. The Labute approximate surface area is 757 Å². The molecule has 4 aromatic carbocycles. The van der Waals surface area contributed by atoms with E-state index < -0.39 is 52.7 Å². The van der Waals surface area contributed by atoms with Gasteiger partial charge in [0.1, 0.15) is 28.6 Å². The SMILES string of the molecule is FC(F)(F)c1cc(Cl)c2nc(-c3nc(-c4ccc(CI)cc4Cl)no3)cn2c1.N#CCc1ccc(-c2noc(-c3cn4cc(C(F)(F)F)cc(Cl)c4n3)n2)c(Cl)c1.N/C(Cc1ccc(-c2noc(-c3cn4cc(C(F)(F)F)cc(Cl)c4n3)n2)c(Cl)c1)=N\O.O=c1[nH]c(Cc2ccc(-c3noc(-c4cn5cc(C(F)(F)F)cc(Cl)c5n4)n3)c(Cl)c2)no1.[C-]#N.[Na+]. The van der Waals surface area contributed by atoms with Crippen LogP contribution in [0.1, 0.15) is 50.3 Å². The van der Waals surface area contributed by atoms with Crippen LogP contribution < -0.4 is 41.0 Å². The number of pyridine rings is 4. The molecule has 0 aliphatic heterocycles. The maximum atomic E-state index is 13.0. The smallest absolute Gasteiger partial charge is 0.512 e. The number of benzene rings is 4. The molecule has 0 atom stereocenters. The van der Waals surface area contributed by atoms with Crippen molar-refractivity contribution >= 4 is 144 Å². The maximum absolute atomic E-state index is 13.0. The standard InChI is InChI=1S/C19H9Cl2F3N6O3.C18H11Cl2F3N6O2.C18H8Cl2F3N5O.C17H8Cl2F3IN4O.CN.Na/c20-11-3-8(4-14-26-18(31)33-28-14)1-2-10(11)15-27-17(32-29-15)13-7-30-6-9(19(22,23)24)5-12(21)16(30)25-13;19-11-3-8(4-14(24)27-30)1-2-10(11)15-26-17(31-28-15)13-7-29-6-9(18(21,22)23)5-12(20)16(29)25-13;19-12-5-9(3-4-24)1-2-11(12)15-26-17(29-27-15)14-8-28-7-10(18(21,22)23)6-13(20)16(28)25-14;18-11-3-8(5-23)1-2-10(11)14-25-16(28-26-14)13-7-27-6-9(17(20,21)22)4-12(19)15(27)24-13;1-2;/h1-3,5-7H,4H2,(H,26,28,31);1-3,5-7,30H,4H2,(H2,24,27);1-2,5-8H,3H2;1-4,6-7H,5H2;;/q;;;;-1;+1. The van der Waals surface area contributed by atoms with Crippen LogP contribution in [0.25, 0.3) is 114 Å². The van der Waals surface area contributed by atoms with Crippen LogP contribution in [0.3, 0.4) is 0 Å². The van der Waals surface area contributed by atoms with Crippen LogP contribution in [-0.4, -0.2) is 99.3 Å². The number of fused-ring (bicyclic) bond motifs is 4. The summed E-state index contributed by atoms with van der Waals surface area (Å²) < 4.78 is 187. The minimum absolute atomic E-state index is 0. The van der Waals surface area contributed by atoms with Gasteiger partial charge in [-0.05, 0) is 95.1 Å². The second-order valence-electron chi connectivity index (χ2n) is 25.1. The van der Waals surface area contributed by atoms with Crippen molar-refractivity contribution in [2.45, 2.75) is 48.4 Å². The molecule has 0 radical (unpaired) electrons. The zero-order valence-corrected chi connectivity index (χ0v) is 71.2. The number of H-pyrrole nitrogens is 1. The molecule has 0 aliphatic rings. The summed E-state index contributed by atoms with van der Waals surface area (Å²) in [5.74, 6) is 0.392. The molecule has 4 N–H and O–H groups in total. The monoisotopic (exact) mass is 1990 g/mol. The number of nitrogens with zero attached hydrogens (tertiary/aromatic N) is 20. The second kappa shape index (κ2) is 37.6. The molecule has 51 heteroatoms. The number of hydrogen-bond donors (Lipinski definition) is 3. The van der Waals surface area contributed by atoms with Gasteiger partial charge in [-0.15, -0.1) is 0 Å². The number of imidazole rings is 4. The first kappa shape index (κ1) is 91.8. The molecular weight excluding hydrogens is 1960 g/mol. The molecule has 0 aliphatic carbocycles. The molecule has 0 saturated heterocycles. The van der Waals surface area contributed by atoms with Crippen molar-refractivity contribution in [1.29, 1.82) is 10.5 Å². The molecule has 124 heavy (non-hydrogen) atoms. The van der Waals surface area contributed by atoms with Gasteiger partial charge in [0.15, 0.2) is 28.4 Å². The van der Waals surface area contributed by atoms with Crippen molar-refractivity contribution in [3.63, 3.8) is 0 Å². The summed E-state index contributed by atoms with van der Waals surface area (Å²) in [4.78, 5) is 47.2. The van der Waals surface area contributed by atoms with Crippen LogP contribution in [0, 0.1) is 23.2 Å². The number of rotatable bonds is 14. The van der Waals surface area contributed by atoms with Crippen molar-refractivity contribution < 1.29 is 110 Å². The van der Waals surface area contributed by atoms with E-state index in [4.69, 9.17) is 139 Å². The number of nitrogens with one attached hydrogen (secondary N) is 1. The summed E-state index contributed by atoms with van der Waals surface area (Å²) in [7, 11) is 0. The summed E-state index contributed by atoms with van der Waals surface area (Å²) in [6.07, 6.45) is -8.75. The Bertz CT molecular complexity index is 7030. The predicted octanol–water partition coefficient (Wildman–Crippen LogP) is 18.2. The van der Waals surface area contributed by atoms with Crippen LogP contribution in [0.5, 0.6) is 0 Å². The molecule has 0 unspecified atom stereocenters. The fourth-order valence-electron chi connectivity index (χ4n) is 11.2. The summed E-state index contributed by atoms with van der Waals surface area (Å²) >= 11 is 51.2. The van der Waals surface area contributed by atoms with E-state index >= 15 is 0 Å². The molecule has 0 saturated carbocycles. The van der Waals surface area contributed by atoms with Crippen molar-refractivity contribution in [3.8, 4) is 98.0 Å². The van der Waals surface area contributed by atoms with Gasteiger partial charge in [0.05, 0.1) is 74.9 Å². The summed E-state index contributed by atoms with van der Waals surface area (Å²) in [5, 5.41) is 46.4. The Balaban J connectivity index is 0.000000150. The molecule has 628 valence electrons. The van der Waals surface area contributed by atoms with Crippen molar-refractivity contribution in [3.05, 3.63) is 254 Å². The number of hydrogen-bond acceptors (Lipinski definition) is 23. The number of alkyl halides is 13. The van der Waals surface area contributed by atoms with E-state index in [1.807, 2.05) is 18.2 Å². The van der Waals surface area contributed by atoms with E-state index in [1.54, 1.807) is 60.7 Å². The van der Waals surface area contributed by atoms with E-state index in [-0.39, 0.29) is 167 Å². The van der Waals surface area contributed by atoms with Crippen molar-refractivity contribution in [2.75, 3.05) is 0 Å². The van der Waals surface area contributed by atoms with Crippen molar-refractivity contribution in [1.82, 2.24) is 88.2 Å². The molecule has 17 aromatic rings. The van der Waals surface area contributed by atoms with Gasteiger partial charge in [0, 0.05) is 89.1 Å².